The van der Waals surface area contributed by atoms with Crippen molar-refractivity contribution in [3.8, 4) is 0 Å². The van der Waals surface area contributed by atoms with Crippen LogP contribution < -0.4 is 15.5 Å². The molecule has 1 aromatic rings. The Kier molecular flexibility index (Phi) is 6.70. The Labute approximate surface area is 174 Å². The van der Waals surface area contributed by atoms with Gasteiger partial charge in [0.1, 0.15) is 0 Å². The van der Waals surface area contributed by atoms with Gasteiger partial charge in [0.05, 0.1) is 6.54 Å². The molecule has 4 rings (SSSR count). The van der Waals surface area contributed by atoms with Crippen LogP contribution in [0.2, 0.25) is 0 Å². The molecule has 0 spiro atoms. The molecule has 0 aromatic heterocycles. The zero-order valence-corrected chi connectivity index (χ0v) is 17.7. The number of carbonyl (C=O) groups is 1. The fourth-order valence-electron chi connectivity index (χ4n) is 4.89. The van der Waals surface area contributed by atoms with Gasteiger partial charge in [0.15, 0.2) is 5.96 Å². The van der Waals surface area contributed by atoms with E-state index in [9.17, 15) is 4.79 Å². The number of carbonyl (C=O) groups excluding carboxylic acids is 1. The minimum absolute atomic E-state index is 0.234. The molecule has 2 saturated heterocycles. The standard InChI is InChI=1S/C23H35N5O/c1-2-24-23(26-19-13-15-27(17-19)20-6-3-4-7-20)25-16-18-9-11-21(12-10-18)28-14-5-8-22(28)29/h9-12,19-20H,2-8,13-17H2,1H3,(H2,24,25,26). The van der Waals surface area contributed by atoms with E-state index in [1.54, 1.807) is 0 Å². The molecule has 1 unspecified atom stereocenters. The summed E-state index contributed by atoms with van der Waals surface area (Å²) >= 11 is 0. The van der Waals surface area contributed by atoms with Crippen molar-refractivity contribution >= 4 is 17.6 Å². The molecule has 2 aliphatic heterocycles. The number of guanidine groups is 1. The highest BCUT2D eigenvalue weighted by atomic mass is 16.2. The fourth-order valence-corrected chi connectivity index (χ4v) is 4.89. The second kappa shape index (κ2) is 9.61. The van der Waals surface area contributed by atoms with E-state index in [1.165, 1.54) is 38.6 Å². The predicted molar refractivity (Wildman–Crippen MR) is 118 cm³/mol. The third kappa shape index (κ3) is 5.10. The van der Waals surface area contributed by atoms with Crippen LogP contribution in [-0.2, 0) is 11.3 Å². The zero-order chi connectivity index (χ0) is 20.1. The summed E-state index contributed by atoms with van der Waals surface area (Å²) in [5.41, 5.74) is 2.17. The summed E-state index contributed by atoms with van der Waals surface area (Å²) in [5.74, 6) is 1.14. The van der Waals surface area contributed by atoms with E-state index in [1.807, 2.05) is 17.0 Å². The van der Waals surface area contributed by atoms with E-state index in [0.29, 0.717) is 19.0 Å². The summed E-state index contributed by atoms with van der Waals surface area (Å²) in [5, 5.41) is 7.04. The van der Waals surface area contributed by atoms with Crippen LogP contribution in [0.15, 0.2) is 29.3 Å². The number of hydrogen-bond donors (Lipinski definition) is 2. The molecule has 1 atom stereocenters. The fraction of sp³-hybridized carbons (Fsp3) is 0.652. The van der Waals surface area contributed by atoms with Crippen LogP contribution in [0.5, 0.6) is 0 Å². The first-order chi connectivity index (χ1) is 14.2. The lowest BCUT2D eigenvalue weighted by Crippen LogP contribution is -2.45. The number of anilines is 1. The molecule has 1 aromatic carbocycles. The first-order valence-electron chi connectivity index (χ1n) is 11.4. The minimum atomic E-state index is 0.234. The van der Waals surface area contributed by atoms with Crippen LogP contribution in [0.4, 0.5) is 5.69 Å². The number of amides is 1. The molecule has 158 valence electrons. The molecular weight excluding hydrogens is 362 g/mol. The van der Waals surface area contributed by atoms with Crippen LogP contribution in [0, 0.1) is 0 Å². The molecule has 6 nitrogen and oxygen atoms in total. The SMILES string of the molecule is CCNC(=NCc1ccc(N2CCCC2=O)cc1)NC1CCN(C2CCCC2)C1. The van der Waals surface area contributed by atoms with Crippen molar-refractivity contribution in [2.45, 2.75) is 70.5 Å². The molecule has 6 heteroatoms. The van der Waals surface area contributed by atoms with Crippen molar-refractivity contribution < 1.29 is 4.79 Å². The van der Waals surface area contributed by atoms with Gasteiger partial charge in [0.25, 0.3) is 0 Å². The summed E-state index contributed by atoms with van der Waals surface area (Å²) in [6, 6.07) is 9.56. The Bertz CT molecular complexity index is 710. The molecule has 1 aliphatic carbocycles. The molecule has 0 radical (unpaired) electrons. The van der Waals surface area contributed by atoms with Crippen LogP contribution in [0.1, 0.15) is 57.4 Å². The van der Waals surface area contributed by atoms with Gasteiger partial charge in [-0.25, -0.2) is 4.99 Å². The van der Waals surface area contributed by atoms with E-state index in [2.05, 4.69) is 34.6 Å². The third-order valence-corrected chi connectivity index (χ3v) is 6.49. The summed E-state index contributed by atoms with van der Waals surface area (Å²) in [7, 11) is 0. The molecule has 0 bridgehead atoms. The summed E-state index contributed by atoms with van der Waals surface area (Å²) in [6.45, 7) is 6.79. The Morgan fingerprint density at radius 1 is 1.10 bits per heavy atom. The first-order valence-corrected chi connectivity index (χ1v) is 11.4. The number of aliphatic imine (C=N–C) groups is 1. The number of nitrogens with one attached hydrogen (secondary N) is 2. The van der Waals surface area contributed by atoms with Crippen molar-refractivity contribution in [2.24, 2.45) is 4.99 Å². The molecule has 3 aliphatic rings. The molecule has 2 N–H and O–H groups in total. The second-order valence-electron chi connectivity index (χ2n) is 8.57. The monoisotopic (exact) mass is 397 g/mol. The third-order valence-electron chi connectivity index (χ3n) is 6.49. The molecule has 3 fully saturated rings. The number of benzene rings is 1. The maximum absolute atomic E-state index is 11.9. The van der Waals surface area contributed by atoms with Gasteiger partial charge in [-0.2, -0.15) is 0 Å². The second-order valence-corrected chi connectivity index (χ2v) is 8.57. The topological polar surface area (TPSA) is 60.0 Å². The summed E-state index contributed by atoms with van der Waals surface area (Å²) in [6.07, 6.45) is 8.37. The lowest BCUT2D eigenvalue weighted by Gasteiger charge is -2.24. The normalized spacial score (nSPS) is 23.9. The van der Waals surface area contributed by atoms with Crippen molar-refractivity contribution in [1.29, 1.82) is 0 Å². The van der Waals surface area contributed by atoms with Crippen LogP contribution in [0.3, 0.4) is 0 Å². The van der Waals surface area contributed by atoms with E-state index in [-0.39, 0.29) is 5.91 Å². The molecule has 29 heavy (non-hydrogen) atoms. The number of hydrogen-bond acceptors (Lipinski definition) is 3. The molecule has 2 heterocycles. The van der Waals surface area contributed by atoms with Gasteiger partial charge in [0, 0.05) is 50.4 Å². The van der Waals surface area contributed by atoms with Gasteiger partial charge in [0.2, 0.25) is 5.91 Å². The van der Waals surface area contributed by atoms with Gasteiger partial charge in [-0.05, 0) is 50.3 Å². The zero-order valence-electron chi connectivity index (χ0n) is 17.7. The van der Waals surface area contributed by atoms with Crippen molar-refractivity contribution in [3.63, 3.8) is 0 Å². The molecule has 1 saturated carbocycles. The van der Waals surface area contributed by atoms with Crippen LogP contribution in [-0.4, -0.2) is 55.0 Å². The average Bonchev–Trinajstić information content (AvgIpc) is 3.48. The maximum Gasteiger partial charge on any atom is 0.227 e. The molecule has 1 amide bonds. The summed E-state index contributed by atoms with van der Waals surface area (Å²) < 4.78 is 0. The smallest absolute Gasteiger partial charge is 0.227 e. The Morgan fingerprint density at radius 2 is 1.90 bits per heavy atom. The lowest BCUT2D eigenvalue weighted by atomic mass is 10.2. The highest BCUT2D eigenvalue weighted by Crippen LogP contribution is 2.26. The first kappa shape index (κ1) is 20.2. The van der Waals surface area contributed by atoms with Crippen molar-refractivity contribution in [1.82, 2.24) is 15.5 Å². The Hall–Kier alpha value is -2.08. The van der Waals surface area contributed by atoms with Crippen molar-refractivity contribution in [3.05, 3.63) is 29.8 Å². The lowest BCUT2D eigenvalue weighted by molar-refractivity contribution is -0.117. The average molecular weight is 398 g/mol. The maximum atomic E-state index is 11.9. The van der Waals surface area contributed by atoms with Crippen LogP contribution >= 0.6 is 0 Å². The quantitative estimate of drug-likeness (QED) is 0.572. The summed E-state index contributed by atoms with van der Waals surface area (Å²) in [4.78, 5) is 21.3. The van der Waals surface area contributed by atoms with Crippen molar-refractivity contribution in [2.75, 3.05) is 31.1 Å². The van der Waals surface area contributed by atoms with Gasteiger partial charge >= 0.3 is 0 Å². The van der Waals surface area contributed by atoms with Gasteiger partial charge < -0.3 is 15.5 Å². The minimum Gasteiger partial charge on any atom is -0.357 e. The van der Waals surface area contributed by atoms with E-state index < -0.39 is 0 Å². The largest absolute Gasteiger partial charge is 0.357 e. The number of likely N-dealkylation sites (tertiary alicyclic amines) is 1. The van der Waals surface area contributed by atoms with E-state index >= 15 is 0 Å². The highest BCUT2D eigenvalue weighted by molar-refractivity contribution is 5.95. The van der Waals surface area contributed by atoms with Gasteiger partial charge in [-0.3, -0.25) is 9.69 Å². The van der Waals surface area contributed by atoms with Gasteiger partial charge in [-0.15, -0.1) is 0 Å². The number of rotatable bonds is 6. The Balaban J connectivity index is 1.31. The van der Waals surface area contributed by atoms with E-state index in [0.717, 1.165) is 49.3 Å². The predicted octanol–water partition coefficient (Wildman–Crippen LogP) is 2.89. The van der Waals surface area contributed by atoms with Gasteiger partial charge in [-0.1, -0.05) is 25.0 Å². The molecular formula is C23H35N5O. The number of nitrogens with zero attached hydrogens (tertiary/aromatic N) is 3. The highest BCUT2D eigenvalue weighted by Gasteiger charge is 2.30. The van der Waals surface area contributed by atoms with E-state index in [4.69, 9.17) is 4.99 Å². The Morgan fingerprint density at radius 3 is 2.59 bits per heavy atom. The van der Waals surface area contributed by atoms with Crippen LogP contribution in [0.25, 0.3) is 0 Å².